The number of benzene rings is 2. The molecule has 0 radical (unpaired) electrons. The van der Waals surface area contributed by atoms with Gasteiger partial charge in [0.05, 0.1) is 30.3 Å². The Morgan fingerprint density at radius 1 is 1.11 bits per heavy atom. The van der Waals surface area contributed by atoms with Crippen LogP contribution < -0.4 is 15.0 Å². The molecule has 2 aromatic carbocycles. The molecule has 2 heterocycles. The maximum Gasteiger partial charge on any atom is 0.408 e. The first-order valence-electron chi connectivity index (χ1n) is 11.9. The third-order valence-electron chi connectivity index (χ3n) is 5.89. The van der Waals surface area contributed by atoms with E-state index in [0.29, 0.717) is 16.6 Å². The fraction of sp³-hybridized carbons (Fsp3) is 0.423. The van der Waals surface area contributed by atoms with Crippen molar-refractivity contribution in [1.29, 1.82) is 0 Å². The number of anilines is 1. The van der Waals surface area contributed by atoms with E-state index in [-0.39, 0.29) is 29.2 Å². The highest BCUT2D eigenvalue weighted by atomic mass is 32.2. The Hall–Kier alpha value is -3.05. The molecule has 37 heavy (non-hydrogen) atoms. The Morgan fingerprint density at radius 3 is 2.46 bits per heavy atom. The zero-order chi connectivity index (χ0) is 26.8. The van der Waals surface area contributed by atoms with E-state index in [4.69, 9.17) is 9.47 Å². The predicted octanol–water partition coefficient (Wildman–Crippen LogP) is 3.43. The van der Waals surface area contributed by atoms with Gasteiger partial charge in [-0.05, 0) is 38.5 Å². The van der Waals surface area contributed by atoms with Crippen LogP contribution in [-0.4, -0.2) is 67.1 Å². The molecule has 3 atom stereocenters. The monoisotopic (exact) mass is 545 g/mol. The third-order valence-corrected chi connectivity index (χ3v) is 9.10. The summed E-state index contributed by atoms with van der Waals surface area (Å²) in [5, 5.41) is 2.78. The third kappa shape index (κ3) is 6.64. The number of carbonyl (C=O) groups is 2. The lowest BCUT2D eigenvalue weighted by Gasteiger charge is -2.26. The summed E-state index contributed by atoms with van der Waals surface area (Å²) in [6.45, 7) is 5.23. The first-order valence-corrected chi connectivity index (χ1v) is 14.6. The fourth-order valence-electron chi connectivity index (χ4n) is 4.35. The lowest BCUT2D eigenvalue weighted by atomic mass is 10.1. The van der Waals surface area contributed by atoms with E-state index in [1.807, 2.05) is 48.5 Å². The second kappa shape index (κ2) is 10.7. The van der Waals surface area contributed by atoms with Crippen LogP contribution in [0.5, 0.6) is 5.75 Å². The number of alkyl carbamates (subject to hydrolysis) is 1. The number of thioether (sulfide) groups is 1. The molecular weight excluding hydrogens is 514 g/mol. The van der Waals surface area contributed by atoms with Crippen molar-refractivity contribution in [2.24, 2.45) is 4.99 Å². The molecule has 2 saturated heterocycles. The second-order valence-electron chi connectivity index (χ2n) is 9.96. The first-order chi connectivity index (χ1) is 17.5. The van der Waals surface area contributed by atoms with Gasteiger partial charge in [-0.15, -0.1) is 0 Å². The van der Waals surface area contributed by atoms with Gasteiger partial charge in [-0.3, -0.25) is 4.79 Å². The van der Waals surface area contributed by atoms with E-state index < -0.39 is 33.5 Å². The number of rotatable bonds is 6. The number of nitrogens with one attached hydrogen (secondary N) is 1. The van der Waals surface area contributed by atoms with Gasteiger partial charge in [0.15, 0.2) is 15.0 Å². The van der Waals surface area contributed by atoms with Gasteiger partial charge in [-0.25, -0.2) is 13.2 Å². The molecule has 0 spiro atoms. The van der Waals surface area contributed by atoms with Crippen LogP contribution in [-0.2, 0) is 25.8 Å². The Bertz CT molecular complexity index is 1290. The largest absolute Gasteiger partial charge is 0.495 e. The number of carbonyl (C=O) groups excluding carboxylic acids is 2. The highest BCUT2D eigenvalue weighted by Crippen LogP contribution is 2.43. The van der Waals surface area contributed by atoms with Crippen LogP contribution in [0.2, 0.25) is 0 Å². The fourth-order valence-corrected chi connectivity index (χ4v) is 8.26. The SMILES string of the molecule is COc1ccccc1N1C(=NC(=O)[C@@H](Cc2ccccc2)NC(=O)OC(C)(C)C)S[C@H]2CS(=O)(=O)C[C@H]21. The molecule has 9 nitrogen and oxygen atoms in total. The number of amidine groups is 1. The minimum Gasteiger partial charge on any atom is -0.495 e. The van der Waals surface area contributed by atoms with Crippen LogP contribution in [0.3, 0.4) is 0 Å². The molecule has 0 bridgehead atoms. The van der Waals surface area contributed by atoms with Gasteiger partial charge in [-0.1, -0.05) is 54.2 Å². The van der Waals surface area contributed by atoms with Crippen LogP contribution in [0.4, 0.5) is 10.5 Å². The van der Waals surface area contributed by atoms with Crippen molar-refractivity contribution in [3.05, 3.63) is 60.2 Å². The van der Waals surface area contributed by atoms with Crippen LogP contribution in [0.25, 0.3) is 0 Å². The Labute approximate surface area is 221 Å². The number of ether oxygens (including phenoxy) is 2. The number of fused-ring (bicyclic) bond motifs is 1. The molecule has 2 aliphatic heterocycles. The Kier molecular flexibility index (Phi) is 7.84. The zero-order valence-electron chi connectivity index (χ0n) is 21.2. The molecule has 0 aromatic heterocycles. The quantitative estimate of drug-likeness (QED) is 0.587. The number of methoxy groups -OCH3 is 1. The van der Waals surface area contributed by atoms with E-state index >= 15 is 0 Å². The van der Waals surface area contributed by atoms with Crippen LogP contribution >= 0.6 is 11.8 Å². The summed E-state index contributed by atoms with van der Waals surface area (Å²) >= 11 is 1.26. The van der Waals surface area contributed by atoms with E-state index in [9.17, 15) is 18.0 Å². The molecule has 4 rings (SSSR count). The van der Waals surface area contributed by atoms with Crippen molar-refractivity contribution in [3.8, 4) is 5.75 Å². The second-order valence-corrected chi connectivity index (χ2v) is 13.3. The maximum atomic E-state index is 13.5. The van der Waals surface area contributed by atoms with Crippen molar-refractivity contribution >= 4 is 44.5 Å². The standard InChI is InChI=1S/C26H31N3O6S2/c1-26(2,3)35-25(31)27-18(14-17-10-6-5-7-11-17)23(30)28-24-29(19-12-8-9-13-21(19)34-4)20-15-37(32,33)16-22(20)36-24/h5-13,18,20,22H,14-16H2,1-4H3,(H,27,31)/t18-,20-,22+/m1/s1. The Balaban J connectivity index is 1.67. The van der Waals surface area contributed by atoms with Crippen LogP contribution in [0, 0.1) is 0 Å². The summed E-state index contributed by atoms with van der Waals surface area (Å²) in [6.07, 6.45) is -0.499. The molecule has 0 saturated carbocycles. The van der Waals surface area contributed by atoms with Crippen molar-refractivity contribution in [2.75, 3.05) is 23.5 Å². The van der Waals surface area contributed by atoms with Crippen LogP contribution in [0.1, 0.15) is 26.3 Å². The molecule has 198 valence electrons. The first kappa shape index (κ1) is 27.0. The number of amides is 2. The topological polar surface area (TPSA) is 114 Å². The van der Waals surface area contributed by atoms with E-state index in [1.165, 1.54) is 18.9 Å². The number of sulfone groups is 1. The van der Waals surface area contributed by atoms with Crippen molar-refractivity contribution < 1.29 is 27.5 Å². The number of nitrogens with zero attached hydrogens (tertiary/aromatic N) is 2. The normalized spacial score (nSPS) is 22.4. The van der Waals surface area contributed by atoms with Gasteiger partial charge in [0.25, 0.3) is 5.91 Å². The molecule has 2 aliphatic rings. The summed E-state index contributed by atoms with van der Waals surface area (Å²) in [5.74, 6) is -0.0505. The van der Waals surface area contributed by atoms with Crippen molar-refractivity contribution in [1.82, 2.24) is 5.32 Å². The molecule has 2 aromatic rings. The van der Waals surface area contributed by atoms with E-state index in [2.05, 4.69) is 10.3 Å². The molecule has 0 unspecified atom stereocenters. The molecule has 2 fully saturated rings. The summed E-state index contributed by atoms with van der Waals surface area (Å²) in [6, 6.07) is 15.2. The number of hydrogen-bond acceptors (Lipinski definition) is 7. The van der Waals surface area contributed by atoms with Crippen molar-refractivity contribution in [2.45, 2.75) is 50.1 Å². The molecule has 2 amide bonds. The van der Waals surface area contributed by atoms with Crippen LogP contribution in [0.15, 0.2) is 59.6 Å². The van der Waals surface area contributed by atoms with E-state index in [1.54, 1.807) is 31.7 Å². The van der Waals surface area contributed by atoms with Gasteiger partial charge < -0.3 is 19.7 Å². The van der Waals surface area contributed by atoms with Gasteiger partial charge in [0, 0.05) is 11.7 Å². The van der Waals surface area contributed by atoms with Gasteiger partial charge in [-0.2, -0.15) is 4.99 Å². The molecule has 0 aliphatic carbocycles. The zero-order valence-corrected chi connectivity index (χ0v) is 22.8. The summed E-state index contributed by atoms with van der Waals surface area (Å²) in [7, 11) is -1.69. The average Bonchev–Trinajstić information content (AvgIpc) is 3.28. The average molecular weight is 546 g/mol. The minimum absolute atomic E-state index is 0.00476. The molecule has 11 heteroatoms. The summed E-state index contributed by atoms with van der Waals surface area (Å²) in [5.41, 5.74) is 0.746. The maximum absolute atomic E-state index is 13.5. The Morgan fingerprint density at radius 2 is 1.78 bits per heavy atom. The van der Waals surface area contributed by atoms with Gasteiger partial charge in [0.2, 0.25) is 0 Å². The minimum atomic E-state index is -3.22. The smallest absolute Gasteiger partial charge is 0.408 e. The number of aliphatic imine (C=N–C) groups is 1. The summed E-state index contributed by atoms with van der Waals surface area (Å²) in [4.78, 5) is 32.3. The predicted molar refractivity (Wildman–Crippen MR) is 145 cm³/mol. The van der Waals surface area contributed by atoms with Gasteiger partial charge in [0.1, 0.15) is 17.4 Å². The molecule has 1 N–H and O–H groups in total. The number of para-hydroxylation sites is 2. The van der Waals surface area contributed by atoms with Gasteiger partial charge >= 0.3 is 6.09 Å². The highest BCUT2D eigenvalue weighted by Gasteiger charge is 2.50. The van der Waals surface area contributed by atoms with Crippen molar-refractivity contribution in [3.63, 3.8) is 0 Å². The number of hydrogen-bond donors (Lipinski definition) is 1. The molecular formula is C26H31N3O6S2. The highest BCUT2D eigenvalue weighted by molar-refractivity contribution is 8.16. The summed E-state index contributed by atoms with van der Waals surface area (Å²) < 4.78 is 35.7. The lowest BCUT2D eigenvalue weighted by Crippen LogP contribution is -2.45. The van der Waals surface area contributed by atoms with E-state index in [0.717, 1.165) is 5.56 Å². The lowest BCUT2D eigenvalue weighted by molar-refractivity contribution is -0.119.